The number of aliphatic hydroxyl groups excluding tert-OH is 1. The molecule has 3 rings (SSSR count). The molecule has 0 aromatic carbocycles. The lowest BCUT2D eigenvalue weighted by Gasteiger charge is -2.38. The number of piperazine rings is 1. The number of thiazole rings is 1. The summed E-state index contributed by atoms with van der Waals surface area (Å²) < 4.78 is 23.1. The molecular formula is C11H17N3O3S2. The second-order valence-electron chi connectivity index (χ2n) is 5.05. The Morgan fingerprint density at radius 1 is 1.26 bits per heavy atom. The molecule has 0 bridgehead atoms. The van der Waals surface area contributed by atoms with Crippen molar-refractivity contribution in [3.63, 3.8) is 0 Å². The lowest BCUT2D eigenvalue weighted by Crippen LogP contribution is -2.53. The molecule has 2 aliphatic heterocycles. The van der Waals surface area contributed by atoms with Gasteiger partial charge in [0.15, 0.2) is 15.0 Å². The third kappa shape index (κ3) is 2.76. The molecule has 6 nitrogen and oxygen atoms in total. The summed E-state index contributed by atoms with van der Waals surface area (Å²) in [6.07, 6.45) is 1.05. The van der Waals surface area contributed by atoms with Crippen LogP contribution in [0.2, 0.25) is 0 Å². The molecule has 2 fully saturated rings. The molecule has 2 atom stereocenters. The minimum atomic E-state index is -3.07. The van der Waals surface area contributed by atoms with Crippen LogP contribution in [-0.4, -0.2) is 73.2 Å². The minimum Gasteiger partial charge on any atom is -0.390 e. The lowest BCUT2D eigenvalue weighted by molar-refractivity contribution is 0.0793. The van der Waals surface area contributed by atoms with Gasteiger partial charge in [0.1, 0.15) is 0 Å². The van der Waals surface area contributed by atoms with Crippen LogP contribution in [0.4, 0.5) is 5.13 Å². The first-order valence-electron chi connectivity index (χ1n) is 6.32. The van der Waals surface area contributed by atoms with Gasteiger partial charge in [0.25, 0.3) is 0 Å². The molecule has 19 heavy (non-hydrogen) atoms. The largest absolute Gasteiger partial charge is 0.390 e. The predicted octanol–water partition coefficient (Wildman–Crippen LogP) is -0.577. The van der Waals surface area contributed by atoms with Crippen molar-refractivity contribution < 1.29 is 13.5 Å². The Morgan fingerprint density at radius 2 is 2.00 bits per heavy atom. The fourth-order valence-electron chi connectivity index (χ4n) is 2.78. The Bertz CT molecular complexity index is 523. The van der Waals surface area contributed by atoms with Gasteiger partial charge in [-0.2, -0.15) is 0 Å². The summed E-state index contributed by atoms with van der Waals surface area (Å²) >= 11 is 1.61. The Morgan fingerprint density at radius 3 is 2.53 bits per heavy atom. The maximum absolute atomic E-state index is 11.5. The second-order valence-corrected chi connectivity index (χ2v) is 8.08. The molecule has 1 aromatic heterocycles. The third-order valence-electron chi connectivity index (χ3n) is 3.77. The summed E-state index contributed by atoms with van der Waals surface area (Å²) in [5, 5.41) is 12.8. The SMILES string of the molecule is O=S1(=O)CC(O)C(N2CCN(c3nccs3)CC2)C1. The van der Waals surface area contributed by atoms with Gasteiger partial charge in [0, 0.05) is 37.8 Å². The first kappa shape index (κ1) is 13.3. The van der Waals surface area contributed by atoms with Crippen molar-refractivity contribution in [2.75, 3.05) is 42.6 Å². The number of anilines is 1. The first-order valence-corrected chi connectivity index (χ1v) is 9.02. The minimum absolute atomic E-state index is 0.0887. The molecule has 2 aliphatic rings. The van der Waals surface area contributed by atoms with Gasteiger partial charge >= 0.3 is 0 Å². The van der Waals surface area contributed by atoms with E-state index < -0.39 is 15.9 Å². The standard InChI is InChI=1S/C11H17N3O3S2/c15-10-8-19(16,17)7-9(10)13-2-4-14(5-3-13)11-12-1-6-18-11/h1,6,9-10,15H,2-5,7-8H2. The summed E-state index contributed by atoms with van der Waals surface area (Å²) in [4.78, 5) is 8.58. The van der Waals surface area contributed by atoms with E-state index in [2.05, 4.69) is 14.8 Å². The summed E-state index contributed by atoms with van der Waals surface area (Å²) in [5.74, 6) is -0.00419. The molecular weight excluding hydrogens is 286 g/mol. The Hall–Kier alpha value is -0.700. The normalized spacial score (nSPS) is 31.7. The van der Waals surface area contributed by atoms with Gasteiger partial charge in [0.2, 0.25) is 0 Å². The van der Waals surface area contributed by atoms with Gasteiger partial charge in [0.05, 0.1) is 23.7 Å². The maximum atomic E-state index is 11.5. The van der Waals surface area contributed by atoms with E-state index in [1.165, 1.54) is 0 Å². The average Bonchev–Trinajstić information content (AvgIpc) is 2.97. The number of nitrogens with zero attached hydrogens (tertiary/aromatic N) is 3. The highest BCUT2D eigenvalue weighted by Gasteiger charge is 2.40. The van der Waals surface area contributed by atoms with Crippen LogP contribution in [0.3, 0.4) is 0 Å². The number of aliphatic hydroxyl groups is 1. The van der Waals surface area contributed by atoms with Crippen molar-refractivity contribution in [2.24, 2.45) is 0 Å². The molecule has 2 unspecified atom stereocenters. The van der Waals surface area contributed by atoms with E-state index >= 15 is 0 Å². The first-order chi connectivity index (χ1) is 9.05. The van der Waals surface area contributed by atoms with Crippen LogP contribution in [0.1, 0.15) is 0 Å². The van der Waals surface area contributed by atoms with Gasteiger partial charge in [-0.15, -0.1) is 11.3 Å². The van der Waals surface area contributed by atoms with Crippen molar-refractivity contribution in [3.8, 4) is 0 Å². The topological polar surface area (TPSA) is 73.7 Å². The monoisotopic (exact) mass is 303 g/mol. The van der Waals surface area contributed by atoms with Crippen molar-refractivity contribution >= 4 is 26.3 Å². The van der Waals surface area contributed by atoms with Crippen LogP contribution in [0, 0.1) is 0 Å². The Labute approximate surface area is 116 Å². The predicted molar refractivity (Wildman–Crippen MR) is 74.3 cm³/mol. The molecule has 2 saturated heterocycles. The molecule has 0 saturated carbocycles. The molecule has 0 aliphatic carbocycles. The molecule has 0 amide bonds. The zero-order valence-electron chi connectivity index (χ0n) is 10.5. The van der Waals surface area contributed by atoms with Crippen molar-refractivity contribution in [3.05, 3.63) is 11.6 Å². The molecule has 1 N–H and O–H groups in total. The van der Waals surface area contributed by atoms with Crippen LogP contribution < -0.4 is 4.90 Å². The van der Waals surface area contributed by atoms with E-state index in [-0.39, 0.29) is 17.5 Å². The Kier molecular flexibility index (Phi) is 3.50. The molecule has 0 radical (unpaired) electrons. The highest BCUT2D eigenvalue weighted by Crippen LogP contribution is 2.23. The summed E-state index contributed by atoms with van der Waals surface area (Å²) in [5.41, 5.74) is 0. The van der Waals surface area contributed by atoms with Crippen LogP contribution >= 0.6 is 11.3 Å². The fraction of sp³-hybridized carbons (Fsp3) is 0.727. The van der Waals surface area contributed by atoms with E-state index in [4.69, 9.17) is 0 Å². The van der Waals surface area contributed by atoms with E-state index in [0.717, 1.165) is 31.3 Å². The number of rotatable bonds is 2. The van der Waals surface area contributed by atoms with Gasteiger partial charge in [-0.3, -0.25) is 4.90 Å². The highest BCUT2D eigenvalue weighted by atomic mass is 32.2. The van der Waals surface area contributed by atoms with Gasteiger partial charge in [-0.1, -0.05) is 0 Å². The average molecular weight is 303 g/mol. The van der Waals surface area contributed by atoms with Gasteiger partial charge in [-0.05, 0) is 0 Å². The molecule has 106 valence electrons. The highest BCUT2D eigenvalue weighted by molar-refractivity contribution is 7.91. The number of hydrogen-bond donors (Lipinski definition) is 1. The Balaban J connectivity index is 1.62. The van der Waals surface area contributed by atoms with E-state index in [1.54, 1.807) is 17.5 Å². The van der Waals surface area contributed by atoms with Crippen LogP contribution in [0.5, 0.6) is 0 Å². The van der Waals surface area contributed by atoms with Crippen LogP contribution in [0.15, 0.2) is 11.6 Å². The lowest BCUT2D eigenvalue weighted by atomic mass is 10.1. The second kappa shape index (κ2) is 5.01. The zero-order chi connectivity index (χ0) is 13.5. The van der Waals surface area contributed by atoms with E-state index in [0.29, 0.717) is 0 Å². The van der Waals surface area contributed by atoms with Gasteiger partial charge in [-0.25, -0.2) is 13.4 Å². The zero-order valence-corrected chi connectivity index (χ0v) is 12.1. The summed E-state index contributed by atoms with van der Waals surface area (Å²) in [6, 6.07) is -0.233. The van der Waals surface area contributed by atoms with E-state index in [1.807, 2.05) is 5.38 Å². The van der Waals surface area contributed by atoms with Crippen molar-refractivity contribution in [1.29, 1.82) is 0 Å². The summed E-state index contributed by atoms with van der Waals surface area (Å²) in [6.45, 7) is 3.21. The number of aromatic nitrogens is 1. The third-order valence-corrected chi connectivity index (χ3v) is 6.30. The van der Waals surface area contributed by atoms with Crippen LogP contribution in [0.25, 0.3) is 0 Å². The quantitative estimate of drug-likeness (QED) is 0.788. The molecule has 3 heterocycles. The molecule has 1 aromatic rings. The van der Waals surface area contributed by atoms with Crippen molar-refractivity contribution in [2.45, 2.75) is 12.1 Å². The molecule has 8 heteroatoms. The number of sulfone groups is 1. The van der Waals surface area contributed by atoms with Gasteiger partial charge < -0.3 is 10.0 Å². The summed E-state index contributed by atoms with van der Waals surface area (Å²) in [7, 11) is -3.07. The molecule has 0 spiro atoms. The maximum Gasteiger partial charge on any atom is 0.185 e. The fourth-order valence-corrected chi connectivity index (χ4v) is 5.30. The van der Waals surface area contributed by atoms with Crippen molar-refractivity contribution in [1.82, 2.24) is 9.88 Å². The van der Waals surface area contributed by atoms with Crippen LogP contribution in [-0.2, 0) is 9.84 Å². The van der Waals surface area contributed by atoms with E-state index in [9.17, 15) is 13.5 Å². The smallest absolute Gasteiger partial charge is 0.185 e. The number of hydrogen-bond acceptors (Lipinski definition) is 7.